The zero-order valence-corrected chi connectivity index (χ0v) is 8.22. The van der Waals surface area contributed by atoms with Gasteiger partial charge in [-0.2, -0.15) is 0 Å². The smallest absolute Gasteiger partial charge is 0.303 e. The average molecular weight is 211 g/mol. The van der Waals surface area contributed by atoms with E-state index in [2.05, 4.69) is 0 Å². The summed E-state index contributed by atoms with van der Waals surface area (Å²) in [4.78, 5) is 21.1. The Morgan fingerprint density at radius 1 is 1.40 bits per heavy atom. The zero-order chi connectivity index (χ0) is 11.3. The largest absolute Gasteiger partial charge is 0.503 e. The van der Waals surface area contributed by atoms with Crippen molar-refractivity contribution in [2.75, 3.05) is 0 Å². The van der Waals surface area contributed by atoms with Crippen LogP contribution in [0.1, 0.15) is 19.3 Å². The Balaban J connectivity index is 2.41. The molecule has 0 aliphatic heterocycles. The van der Waals surface area contributed by atoms with Gasteiger partial charge in [0, 0.05) is 31.4 Å². The number of aliphatic carboxylic acids is 1. The van der Waals surface area contributed by atoms with Gasteiger partial charge < -0.3 is 14.8 Å². The van der Waals surface area contributed by atoms with Gasteiger partial charge in [-0.05, 0) is 12.8 Å². The third-order valence-corrected chi connectivity index (χ3v) is 2.01. The number of aromatic nitrogens is 1. The summed E-state index contributed by atoms with van der Waals surface area (Å²) in [5, 5.41) is 17.5. The summed E-state index contributed by atoms with van der Waals surface area (Å²) >= 11 is 0. The summed E-state index contributed by atoms with van der Waals surface area (Å²) in [5.41, 5.74) is -0.406. The number of unbranched alkanes of at least 4 members (excludes halogenated alkanes) is 1. The first-order valence-electron chi connectivity index (χ1n) is 4.70. The van der Waals surface area contributed by atoms with Crippen molar-refractivity contribution < 1.29 is 15.0 Å². The summed E-state index contributed by atoms with van der Waals surface area (Å²) in [6.45, 7) is 0.598. The topological polar surface area (TPSA) is 79.5 Å². The van der Waals surface area contributed by atoms with E-state index in [0.717, 1.165) is 0 Å². The van der Waals surface area contributed by atoms with E-state index in [1.165, 1.54) is 12.3 Å². The minimum absolute atomic E-state index is 0.145. The highest BCUT2D eigenvalue weighted by Crippen LogP contribution is 2.02. The molecule has 0 aliphatic rings. The first-order chi connectivity index (χ1) is 7.09. The molecule has 0 spiro atoms. The van der Waals surface area contributed by atoms with Gasteiger partial charge in [0.15, 0.2) is 5.75 Å². The van der Waals surface area contributed by atoms with Gasteiger partial charge in [0.1, 0.15) is 0 Å². The lowest BCUT2D eigenvalue weighted by Gasteiger charge is -2.05. The van der Waals surface area contributed by atoms with Crippen molar-refractivity contribution in [2.45, 2.75) is 25.8 Å². The number of aromatic hydroxyl groups is 1. The van der Waals surface area contributed by atoms with Gasteiger partial charge >= 0.3 is 5.97 Å². The van der Waals surface area contributed by atoms with E-state index in [1.807, 2.05) is 0 Å². The van der Waals surface area contributed by atoms with Crippen molar-refractivity contribution in [3.8, 4) is 5.75 Å². The summed E-state index contributed by atoms with van der Waals surface area (Å²) in [6, 6.07) is 1.28. The van der Waals surface area contributed by atoms with Gasteiger partial charge in [-0.15, -0.1) is 0 Å². The maximum Gasteiger partial charge on any atom is 0.303 e. The third kappa shape index (κ3) is 3.84. The van der Waals surface area contributed by atoms with Crippen LogP contribution >= 0.6 is 0 Å². The molecule has 0 amide bonds. The molecule has 0 saturated heterocycles. The maximum atomic E-state index is 10.8. The number of pyridine rings is 1. The summed E-state index contributed by atoms with van der Waals surface area (Å²) < 4.78 is 1.67. The van der Waals surface area contributed by atoms with Crippen LogP contribution in [0, 0.1) is 0 Å². The number of carboxylic acids is 1. The molecule has 0 aliphatic carbocycles. The summed E-state index contributed by atoms with van der Waals surface area (Å²) in [5.74, 6) is -1.09. The van der Waals surface area contributed by atoms with Crippen LogP contribution < -0.4 is 5.43 Å². The number of carbonyl (C=O) groups is 1. The summed E-state index contributed by atoms with van der Waals surface area (Å²) in [6.07, 6.45) is 4.36. The fourth-order valence-corrected chi connectivity index (χ4v) is 1.22. The molecule has 5 nitrogen and oxygen atoms in total. The van der Waals surface area contributed by atoms with Crippen LogP contribution in [0.25, 0.3) is 0 Å². The van der Waals surface area contributed by atoms with Crippen molar-refractivity contribution in [3.63, 3.8) is 0 Å². The zero-order valence-electron chi connectivity index (χ0n) is 8.22. The van der Waals surface area contributed by atoms with Crippen LogP contribution in [0.4, 0.5) is 0 Å². The molecule has 0 saturated carbocycles. The van der Waals surface area contributed by atoms with Crippen LogP contribution in [0.3, 0.4) is 0 Å². The summed E-state index contributed by atoms with van der Waals surface area (Å²) in [7, 11) is 0. The van der Waals surface area contributed by atoms with Crippen LogP contribution in [-0.4, -0.2) is 20.7 Å². The Hall–Kier alpha value is -1.78. The fraction of sp³-hybridized carbons (Fsp3) is 0.400. The Bertz CT molecular complexity index is 397. The fourth-order valence-electron chi connectivity index (χ4n) is 1.22. The van der Waals surface area contributed by atoms with E-state index in [4.69, 9.17) is 10.2 Å². The lowest BCUT2D eigenvalue weighted by atomic mass is 10.2. The number of rotatable bonds is 5. The second-order valence-corrected chi connectivity index (χ2v) is 3.28. The molecule has 82 valence electrons. The minimum Gasteiger partial charge on any atom is -0.503 e. The Labute approximate surface area is 86.6 Å². The van der Waals surface area contributed by atoms with Gasteiger partial charge in [-0.25, -0.2) is 0 Å². The Kier molecular flexibility index (Phi) is 3.91. The van der Waals surface area contributed by atoms with Crippen LogP contribution in [0.5, 0.6) is 5.75 Å². The van der Waals surface area contributed by atoms with Crippen molar-refractivity contribution in [1.29, 1.82) is 0 Å². The van der Waals surface area contributed by atoms with E-state index in [-0.39, 0.29) is 12.2 Å². The monoisotopic (exact) mass is 211 g/mol. The van der Waals surface area contributed by atoms with Gasteiger partial charge in [-0.3, -0.25) is 9.59 Å². The lowest BCUT2D eigenvalue weighted by Crippen LogP contribution is -2.05. The molecular weight excluding hydrogens is 198 g/mol. The SMILES string of the molecule is O=C(O)CCCCn1ccc(=O)c(O)c1. The molecule has 1 heterocycles. The molecule has 15 heavy (non-hydrogen) atoms. The van der Waals surface area contributed by atoms with Gasteiger partial charge in [0.25, 0.3) is 0 Å². The normalized spacial score (nSPS) is 10.1. The minimum atomic E-state index is -0.808. The second kappa shape index (κ2) is 5.19. The molecule has 0 aromatic carbocycles. The number of hydrogen-bond acceptors (Lipinski definition) is 3. The molecule has 0 unspecified atom stereocenters. The van der Waals surface area contributed by atoms with Gasteiger partial charge in [0.05, 0.1) is 0 Å². The quantitative estimate of drug-likeness (QED) is 0.706. The van der Waals surface area contributed by atoms with E-state index in [9.17, 15) is 9.59 Å². The highest BCUT2D eigenvalue weighted by Gasteiger charge is 1.99. The van der Waals surface area contributed by atoms with Crippen molar-refractivity contribution in [1.82, 2.24) is 4.57 Å². The van der Waals surface area contributed by atoms with E-state index in [0.29, 0.717) is 19.4 Å². The Morgan fingerprint density at radius 3 is 2.73 bits per heavy atom. The lowest BCUT2D eigenvalue weighted by molar-refractivity contribution is -0.137. The van der Waals surface area contributed by atoms with E-state index >= 15 is 0 Å². The van der Waals surface area contributed by atoms with Gasteiger partial charge in [-0.1, -0.05) is 0 Å². The highest BCUT2D eigenvalue weighted by atomic mass is 16.4. The molecule has 5 heteroatoms. The van der Waals surface area contributed by atoms with E-state index < -0.39 is 11.4 Å². The second-order valence-electron chi connectivity index (χ2n) is 3.28. The molecule has 0 atom stereocenters. The molecule has 1 aromatic heterocycles. The predicted octanol–water partition coefficient (Wildman–Crippen LogP) is 0.809. The van der Waals surface area contributed by atoms with Crippen LogP contribution in [0.15, 0.2) is 23.3 Å². The number of aryl methyl sites for hydroxylation is 1. The van der Waals surface area contributed by atoms with Crippen molar-refractivity contribution >= 4 is 5.97 Å². The standard InChI is InChI=1S/C10H13NO4/c12-8-4-6-11(7-9(8)13)5-2-1-3-10(14)15/h4,6-7,13H,1-3,5H2,(H,14,15). The number of carboxylic acid groups (broad SMARTS) is 1. The molecule has 1 rings (SSSR count). The molecule has 0 fully saturated rings. The first-order valence-corrected chi connectivity index (χ1v) is 4.70. The molecular formula is C10H13NO4. The van der Waals surface area contributed by atoms with Crippen molar-refractivity contribution in [3.05, 3.63) is 28.7 Å². The van der Waals surface area contributed by atoms with E-state index in [1.54, 1.807) is 10.8 Å². The molecule has 0 bridgehead atoms. The highest BCUT2D eigenvalue weighted by molar-refractivity contribution is 5.66. The number of hydrogen-bond donors (Lipinski definition) is 2. The maximum absolute atomic E-state index is 10.8. The molecule has 0 radical (unpaired) electrons. The van der Waals surface area contributed by atoms with Crippen LogP contribution in [-0.2, 0) is 11.3 Å². The predicted molar refractivity (Wildman–Crippen MR) is 53.9 cm³/mol. The third-order valence-electron chi connectivity index (χ3n) is 2.01. The average Bonchev–Trinajstić information content (AvgIpc) is 2.18. The Morgan fingerprint density at radius 2 is 2.13 bits per heavy atom. The van der Waals surface area contributed by atoms with Gasteiger partial charge in [0.2, 0.25) is 5.43 Å². The molecule has 1 aromatic rings. The number of nitrogens with zero attached hydrogens (tertiary/aromatic N) is 1. The molecule has 2 N–H and O–H groups in total. The van der Waals surface area contributed by atoms with Crippen molar-refractivity contribution in [2.24, 2.45) is 0 Å². The first kappa shape index (κ1) is 11.3. The van der Waals surface area contributed by atoms with Crippen LogP contribution in [0.2, 0.25) is 0 Å².